The van der Waals surface area contributed by atoms with Crippen molar-refractivity contribution in [2.45, 2.75) is 26.7 Å². The van der Waals surface area contributed by atoms with Gasteiger partial charge in [0.15, 0.2) is 0 Å². The smallest absolute Gasteiger partial charge is 0.339 e. The van der Waals surface area contributed by atoms with E-state index in [1.54, 1.807) is 0 Å². The minimum atomic E-state index is -0.990. The standard InChI is InChI=1S/C27H31ClN4O3/c1-19-16-22(17-20(2)25(19)28)35-15-14-31-10-12-32(13-11-31)27-29-18-23(26(33)34)24(30-27)9-8-21-6-4-3-5-7-21/h3-7,16-18H,8-15H2,1-2H3,(H,33,34). The number of carboxylic acids is 1. The minimum Gasteiger partial charge on any atom is -0.492 e. The van der Waals surface area contributed by atoms with Crippen molar-refractivity contribution in [2.24, 2.45) is 0 Å². The van der Waals surface area contributed by atoms with Gasteiger partial charge in [-0.15, -0.1) is 0 Å². The van der Waals surface area contributed by atoms with Crippen LogP contribution in [0.1, 0.15) is 32.7 Å². The molecule has 1 aliphatic heterocycles. The molecule has 3 aromatic rings. The number of aromatic carboxylic acids is 1. The molecule has 7 nitrogen and oxygen atoms in total. The maximum Gasteiger partial charge on any atom is 0.339 e. The van der Waals surface area contributed by atoms with Gasteiger partial charge in [0.25, 0.3) is 0 Å². The highest BCUT2D eigenvalue weighted by atomic mass is 35.5. The summed E-state index contributed by atoms with van der Waals surface area (Å²) in [6.45, 7) is 8.70. The van der Waals surface area contributed by atoms with Crippen molar-refractivity contribution in [3.8, 4) is 5.75 Å². The topological polar surface area (TPSA) is 78.8 Å². The van der Waals surface area contributed by atoms with Crippen LogP contribution in [0.2, 0.25) is 5.02 Å². The van der Waals surface area contributed by atoms with Crippen molar-refractivity contribution >= 4 is 23.5 Å². The van der Waals surface area contributed by atoms with Crippen LogP contribution < -0.4 is 9.64 Å². The van der Waals surface area contributed by atoms with Gasteiger partial charge < -0.3 is 14.7 Å². The number of rotatable bonds is 9. The molecular formula is C27H31ClN4O3. The van der Waals surface area contributed by atoms with Gasteiger partial charge in [-0.2, -0.15) is 0 Å². The fourth-order valence-corrected chi connectivity index (χ4v) is 4.40. The number of carbonyl (C=O) groups is 1. The maximum absolute atomic E-state index is 11.7. The Morgan fingerprint density at radius 2 is 1.74 bits per heavy atom. The van der Waals surface area contributed by atoms with Gasteiger partial charge >= 0.3 is 5.97 Å². The molecule has 0 aliphatic carbocycles. The number of hydrogen-bond acceptors (Lipinski definition) is 6. The van der Waals surface area contributed by atoms with Crippen molar-refractivity contribution in [3.05, 3.63) is 81.6 Å². The van der Waals surface area contributed by atoms with Gasteiger partial charge in [0, 0.05) is 43.9 Å². The molecule has 1 aliphatic rings. The second-order valence-corrected chi connectivity index (χ2v) is 9.25. The Kier molecular flexibility index (Phi) is 8.21. The monoisotopic (exact) mass is 494 g/mol. The highest BCUT2D eigenvalue weighted by Gasteiger charge is 2.21. The van der Waals surface area contributed by atoms with Crippen LogP contribution in [0.4, 0.5) is 5.95 Å². The normalized spacial score (nSPS) is 14.2. The summed E-state index contributed by atoms with van der Waals surface area (Å²) in [5.41, 5.74) is 3.95. The number of ether oxygens (including phenoxy) is 1. The number of anilines is 1. The van der Waals surface area contributed by atoms with E-state index in [9.17, 15) is 9.90 Å². The molecular weight excluding hydrogens is 464 g/mol. The lowest BCUT2D eigenvalue weighted by Gasteiger charge is -2.34. The van der Waals surface area contributed by atoms with Gasteiger partial charge in [-0.1, -0.05) is 41.9 Å². The predicted octanol–water partition coefficient (Wildman–Crippen LogP) is 4.43. The Labute approximate surface area is 211 Å². The Morgan fingerprint density at radius 1 is 1.06 bits per heavy atom. The highest BCUT2D eigenvalue weighted by Crippen LogP contribution is 2.26. The van der Waals surface area contributed by atoms with Crippen LogP contribution in [0.15, 0.2) is 48.7 Å². The van der Waals surface area contributed by atoms with E-state index in [-0.39, 0.29) is 5.56 Å². The molecule has 8 heteroatoms. The zero-order valence-electron chi connectivity index (χ0n) is 20.2. The van der Waals surface area contributed by atoms with Gasteiger partial charge in [0.2, 0.25) is 5.95 Å². The van der Waals surface area contributed by atoms with Crippen LogP contribution in [0.25, 0.3) is 0 Å². The lowest BCUT2D eigenvalue weighted by atomic mass is 10.1. The van der Waals surface area contributed by atoms with E-state index in [1.165, 1.54) is 6.20 Å². The molecule has 1 aromatic heterocycles. The average Bonchev–Trinajstić information content (AvgIpc) is 2.87. The number of halogens is 1. The van der Waals surface area contributed by atoms with Crippen LogP contribution >= 0.6 is 11.6 Å². The van der Waals surface area contributed by atoms with Gasteiger partial charge in [0.1, 0.15) is 12.4 Å². The second-order valence-electron chi connectivity index (χ2n) is 8.87. The number of carboxylic acid groups (broad SMARTS) is 1. The number of aryl methyl sites for hydroxylation is 4. The Hall–Kier alpha value is -3.16. The van der Waals surface area contributed by atoms with E-state index >= 15 is 0 Å². The van der Waals surface area contributed by atoms with Gasteiger partial charge in [-0.25, -0.2) is 14.8 Å². The quantitative estimate of drug-likeness (QED) is 0.471. The van der Waals surface area contributed by atoms with Gasteiger partial charge in [0.05, 0.1) is 11.3 Å². The Balaban J connectivity index is 1.31. The Bertz CT molecular complexity index is 1140. The number of aromatic nitrogens is 2. The van der Waals surface area contributed by atoms with Crippen molar-refractivity contribution in [1.29, 1.82) is 0 Å². The zero-order chi connectivity index (χ0) is 24.8. The van der Waals surface area contributed by atoms with E-state index in [0.717, 1.165) is 66.6 Å². The number of piperazine rings is 1. The molecule has 1 fully saturated rings. The van der Waals surface area contributed by atoms with Crippen molar-refractivity contribution in [3.63, 3.8) is 0 Å². The molecule has 1 N–H and O–H groups in total. The molecule has 2 aromatic carbocycles. The number of hydrogen-bond donors (Lipinski definition) is 1. The largest absolute Gasteiger partial charge is 0.492 e. The van der Waals surface area contributed by atoms with Crippen LogP contribution in [0.5, 0.6) is 5.75 Å². The molecule has 0 bridgehead atoms. The molecule has 1 saturated heterocycles. The van der Waals surface area contributed by atoms with E-state index in [4.69, 9.17) is 16.3 Å². The first kappa shape index (κ1) is 24.9. The predicted molar refractivity (Wildman–Crippen MR) is 138 cm³/mol. The van der Waals surface area contributed by atoms with Crippen LogP contribution in [0.3, 0.4) is 0 Å². The highest BCUT2D eigenvalue weighted by molar-refractivity contribution is 6.32. The molecule has 0 saturated carbocycles. The maximum atomic E-state index is 11.7. The number of benzene rings is 2. The van der Waals surface area contributed by atoms with E-state index in [1.807, 2.05) is 56.3 Å². The summed E-state index contributed by atoms with van der Waals surface area (Å²) >= 11 is 6.24. The summed E-state index contributed by atoms with van der Waals surface area (Å²) in [6, 6.07) is 14.0. The summed E-state index contributed by atoms with van der Waals surface area (Å²) in [6.07, 6.45) is 2.74. The summed E-state index contributed by atoms with van der Waals surface area (Å²) in [5, 5.41) is 10.4. The molecule has 0 atom stereocenters. The average molecular weight is 495 g/mol. The molecule has 35 heavy (non-hydrogen) atoms. The lowest BCUT2D eigenvalue weighted by molar-refractivity contribution is 0.0694. The molecule has 0 unspecified atom stereocenters. The summed E-state index contributed by atoms with van der Waals surface area (Å²) in [7, 11) is 0. The molecule has 184 valence electrons. The van der Waals surface area contributed by atoms with E-state index < -0.39 is 5.97 Å². The zero-order valence-corrected chi connectivity index (χ0v) is 21.0. The van der Waals surface area contributed by atoms with Crippen LogP contribution in [0, 0.1) is 13.8 Å². The van der Waals surface area contributed by atoms with E-state index in [0.29, 0.717) is 24.7 Å². The fraction of sp³-hybridized carbons (Fsp3) is 0.370. The molecule has 0 spiro atoms. The summed E-state index contributed by atoms with van der Waals surface area (Å²) in [5.74, 6) is 0.453. The third-order valence-corrected chi connectivity index (χ3v) is 6.92. The van der Waals surface area contributed by atoms with Gasteiger partial charge in [-0.3, -0.25) is 4.90 Å². The second kappa shape index (κ2) is 11.5. The summed E-state index contributed by atoms with van der Waals surface area (Å²) in [4.78, 5) is 25.2. The van der Waals surface area contributed by atoms with Crippen molar-refractivity contribution in [2.75, 3.05) is 44.2 Å². The number of nitrogens with zero attached hydrogens (tertiary/aromatic N) is 4. The van der Waals surface area contributed by atoms with Gasteiger partial charge in [-0.05, 0) is 55.5 Å². The minimum absolute atomic E-state index is 0.174. The van der Waals surface area contributed by atoms with Crippen LogP contribution in [-0.2, 0) is 12.8 Å². The first-order chi connectivity index (χ1) is 16.9. The molecule has 0 radical (unpaired) electrons. The molecule has 4 rings (SSSR count). The summed E-state index contributed by atoms with van der Waals surface area (Å²) < 4.78 is 5.96. The fourth-order valence-electron chi connectivity index (χ4n) is 4.29. The lowest BCUT2D eigenvalue weighted by Crippen LogP contribution is -2.48. The van der Waals surface area contributed by atoms with Crippen molar-refractivity contribution in [1.82, 2.24) is 14.9 Å². The molecule has 0 amide bonds. The van der Waals surface area contributed by atoms with E-state index in [2.05, 4.69) is 19.8 Å². The Morgan fingerprint density at radius 3 is 2.40 bits per heavy atom. The third-order valence-electron chi connectivity index (χ3n) is 6.32. The molecule has 2 heterocycles. The first-order valence-electron chi connectivity index (χ1n) is 11.9. The van der Waals surface area contributed by atoms with Crippen molar-refractivity contribution < 1.29 is 14.6 Å². The first-order valence-corrected chi connectivity index (χ1v) is 12.3. The van der Waals surface area contributed by atoms with Crippen LogP contribution in [-0.4, -0.2) is 65.3 Å². The SMILES string of the molecule is Cc1cc(OCCN2CCN(c3ncc(C(=O)O)c(CCc4ccccc4)n3)CC2)cc(C)c1Cl. The third kappa shape index (κ3) is 6.50.